The van der Waals surface area contributed by atoms with Crippen molar-refractivity contribution >= 4 is 0 Å². The number of aliphatic hydroxyl groups excluding tert-OH is 1. The van der Waals surface area contributed by atoms with Crippen molar-refractivity contribution in [2.24, 2.45) is 23.2 Å². The van der Waals surface area contributed by atoms with E-state index in [-0.39, 0.29) is 11.5 Å². The van der Waals surface area contributed by atoms with Crippen LogP contribution >= 0.6 is 0 Å². The molecule has 0 radical (unpaired) electrons. The van der Waals surface area contributed by atoms with Gasteiger partial charge in [-0.25, -0.2) is 0 Å². The highest BCUT2D eigenvalue weighted by atomic mass is 16.3. The summed E-state index contributed by atoms with van der Waals surface area (Å²) >= 11 is 0. The molecule has 0 aromatic heterocycles. The van der Waals surface area contributed by atoms with E-state index in [0.717, 1.165) is 25.2 Å². The van der Waals surface area contributed by atoms with Crippen LogP contribution in [0.2, 0.25) is 0 Å². The van der Waals surface area contributed by atoms with Crippen LogP contribution in [-0.2, 0) is 6.42 Å². The van der Waals surface area contributed by atoms with E-state index in [1.165, 1.54) is 30.4 Å². The van der Waals surface area contributed by atoms with Crippen molar-refractivity contribution in [2.75, 3.05) is 0 Å². The Bertz CT molecular complexity index is 581. The molecule has 4 rings (SSSR count). The average molecular weight is 300 g/mol. The number of aliphatic hydroxyl groups is 1. The molecule has 0 saturated heterocycles. The zero-order chi connectivity index (χ0) is 15.5. The Morgan fingerprint density at radius 1 is 1.27 bits per heavy atom. The number of fused-ring (bicyclic) bond motifs is 5. The Labute approximate surface area is 133 Å². The molecule has 3 aliphatic carbocycles. The first-order valence-corrected chi connectivity index (χ1v) is 9.04. The predicted molar refractivity (Wildman–Crippen MR) is 87.9 cm³/mol. The maximum atomic E-state index is 10.8. The molecular formula is C20H28O2. The number of hydrogen-bond donors (Lipinski definition) is 2. The van der Waals surface area contributed by atoms with Crippen LogP contribution in [0.4, 0.5) is 0 Å². The Morgan fingerprint density at radius 3 is 2.86 bits per heavy atom. The lowest BCUT2D eigenvalue weighted by atomic mass is 9.55. The summed E-state index contributed by atoms with van der Waals surface area (Å²) in [5, 5.41) is 20.6. The third-order valence-corrected chi connectivity index (χ3v) is 7.35. The molecule has 1 unspecified atom stereocenters. The first-order valence-electron chi connectivity index (χ1n) is 9.04. The molecule has 0 aliphatic heterocycles. The summed E-state index contributed by atoms with van der Waals surface area (Å²) < 4.78 is 0. The van der Waals surface area contributed by atoms with Crippen LogP contribution in [-0.4, -0.2) is 16.3 Å². The van der Waals surface area contributed by atoms with E-state index >= 15 is 0 Å². The van der Waals surface area contributed by atoms with E-state index in [1.54, 1.807) is 0 Å². The van der Waals surface area contributed by atoms with Gasteiger partial charge >= 0.3 is 0 Å². The summed E-state index contributed by atoms with van der Waals surface area (Å²) in [6, 6.07) is 5.98. The first-order chi connectivity index (χ1) is 10.5. The number of hydrogen-bond acceptors (Lipinski definition) is 2. The minimum absolute atomic E-state index is 0.107. The fourth-order valence-corrected chi connectivity index (χ4v) is 6.11. The number of phenols is 1. The molecule has 3 aliphatic rings. The molecule has 22 heavy (non-hydrogen) atoms. The van der Waals surface area contributed by atoms with Crippen LogP contribution in [0.25, 0.3) is 0 Å². The molecule has 0 amide bonds. The Hall–Kier alpha value is -1.02. The largest absolute Gasteiger partial charge is 0.508 e. The molecule has 2 heteroatoms. The van der Waals surface area contributed by atoms with Crippen molar-refractivity contribution in [2.45, 2.75) is 64.4 Å². The maximum Gasteiger partial charge on any atom is 0.115 e. The predicted octanol–water partition coefficient (Wildman–Crippen LogP) is 4.25. The lowest BCUT2D eigenvalue weighted by Gasteiger charge is -2.50. The highest BCUT2D eigenvalue weighted by Gasteiger charge is 2.57. The smallest absolute Gasteiger partial charge is 0.115 e. The van der Waals surface area contributed by atoms with Gasteiger partial charge in [-0.3, -0.25) is 0 Å². The second-order valence-electron chi connectivity index (χ2n) is 8.19. The van der Waals surface area contributed by atoms with Gasteiger partial charge in [-0.2, -0.15) is 0 Å². The van der Waals surface area contributed by atoms with E-state index in [9.17, 15) is 10.2 Å². The van der Waals surface area contributed by atoms with Gasteiger partial charge in [-0.1, -0.05) is 26.3 Å². The fraction of sp³-hybridized carbons (Fsp3) is 0.700. The van der Waals surface area contributed by atoms with Gasteiger partial charge in [-0.05, 0) is 84.5 Å². The van der Waals surface area contributed by atoms with Crippen molar-refractivity contribution in [3.05, 3.63) is 29.3 Å². The lowest BCUT2D eigenvalue weighted by Crippen LogP contribution is -2.44. The molecule has 1 aromatic carbocycles. The average Bonchev–Trinajstić information content (AvgIpc) is 2.78. The van der Waals surface area contributed by atoms with Crippen LogP contribution in [0.3, 0.4) is 0 Å². The number of rotatable bonds is 1. The highest BCUT2D eigenvalue weighted by molar-refractivity contribution is 5.40. The standard InChI is InChI=1S/C20H28O2/c1-3-12-11-18-17-6-4-13-10-14(21)5-7-15(13)16(17)8-9-20(18,2)19(12)22/h5,7,10,12,16-19,21-22H,3-4,6,8-9,11H2,1-2H3/t12?,16-,17-,18+,19-,20+/m1/s1. The van der Waals surface area contributed by atoms with E-state index in [0.29, 0.717) is 23.5 Å². The molecule has 0 heterocycles. The molecule has 1 aromatic rings. The molecular weight excluding hydrogens is 272 g/mol. The zero-order valence-electron chi connectivity index (χ0n) is 13.8. The number of aryl methyl sites for hydroxylation is 1. The second kappa shape index (κ2) is 4.99. The minimum Gasteiger partial charge on any atom is -0.508 e. The van der Waals surface area contributed by atoms with Crippen LogP contribution in [0.15, 0.2) is 18.2 Å². The highest BCUT2D eigenvalue weighted by Crippen LogP contribution is 2.62. The molecule has 2 saturated carbocycles. The van der Waals surface area contributed by atoms with Crippen LogP contribution < -0.4 is 0 Å². The van der Waals surface area contributed by atoms with Gasteiger partial charge in [0, 0.05) is 0 Å². The molecule has 2 nitrogen and oxygen atoms in total. The molecule has 120 valence electrons. The van der Waals surface area contributed by atoms with Crippen molar-refractivity contribution in [3.8, 4) is 5.75 Å². The summed E-state index contributed by atoms with van der Waals surface area (Å²) in [4.78, 5) is 0. The van der Waals surface area contributed by atoms with Crippen LogP contribution in [0, 0.1) is 23.2 Å². The number of benzene rings is 1. The minimum atomic E-state index is -0.107. The second-order valence-corrected chi connectivity index (χ2v) is 8.19. The number of phenolic OH excluding ortho intramolecular Hbond substituents is 1. The first kappa shape index (κ1) is 14.6. The monoisotopic (exact) mass is 300 g/mol. The number of aromatic hydroxyl groups is 1. The van der Waals surface area contributed by atoms with Gasteiger partial charge < -0.3 is 10.2 Å². The summed E-state index contributed by atoms with van der Waals surface area (Å²) in [6.45, 7) is 4.57. The van der Waals surface area contributed by atoms with E-state index < -0.39 is 0 Å². The molecule has 6 atom stereocenters. The topological polar surface area (TPSA) is 40.5 Å². The van der Waals surface area contributed by atoms with Gasteiger partial charge in [-0.15, -0.1) is 0 Å². The zero-order valence-corrected chi connectivity index (χ0v) is 13.8. The SMILES string of the molecule is CCC1C[C@H]2[C@@H]3CCc4cc(O)ccc4[C@H]3CC[C@]2(C)[C@@H]1O. The van der Waals surface area contributed by atoms with Crippen molar-refractivity contribution < 1.29 is 10.2 Å². The van der Waals surface area contributed by atoms with E-state index in [1.807, 2.05) is 12.1 Å². The summed E-state index contributed by atoms with van der Waals surface area (Å²) in [5.74, 6) is 2.94. The molecule has 0 bridgehead atoms. The van der Waals surface area contributed by atoms with Gasteiger partial charge in [0.15, 0.2) is 0 Å². The van der Waals surface area contributed by atoms with Crippen molar-refractivity contribution in [1.29, 1.82) is 0 Å². The van der Waals surface area contributed by atoms with Gasteiger partial charge in [0.1, 0.15) is 5.75 Å². The summed E-state index contributed by atoms with van der Waals surface area (Å²) in [6.07, 6.45) is 6.87. The fourth-order valence-electron chi connectivity index (χ4n) is 6.11. The van der Waals surface area contributed by atoms with Gasteiger partial charge in [0.05, 0.1) is 6.10 Å². The van der Waals surface area contributed by atoms with E-state index in [4.69, 9.17) is 0 Å². The van der Waals surface area contributed by atoms with Crippen molar-refractivity contribution in [1.82, 2.24) is 0 Å². The third kappa shape index (κ3) is 1.89. The van der Waals surface area contributed by atoms with Crippen molar-refractivity contribution in [3.63, 3.8) is 0 Å². The quantitative estimate of drug-likeness (QED) is 0.814. The summed E-state index contributed by atoms with van der Waals surface area (Å²) in [5.41, 5.74) is 2.97. The lowest BCUT2D eigenvalue weighted by molar-refractivity contribution is -0.0329. The Kier molecular flexibility index (Phi) is 3.30. The Morgan fingerprint density at radius 2 is 2.09 bits per heavy atom. The normalized spacial score (nSPS) is 43.3. The molecule has 0 spiro atoms. The molecule has 2 fully saturated rings. The molecule has 2 N–H and O–H groups in total. The summed E-state index contributed by atoms with van der Waals surface area (Å²) in [7, 11) is 0. The maximum absolute atomic E-state index is 10.8. The van der Waals surface area contributed by atoms with Crippen LogP contribution in [0.5, 0.6) is 5.75 Å². The third-order valence-electron chi connectivity index (χ3n) is 7.35. The van der Waals surface area contributed by atoms with Crippen LogP contribution in [0.1, 0.15) is 63.0 Å². The van der Waals surface area contributed by atoms with E-state index in [2.05, 4.69) is 19.9 Å². The van der Waals surface area contributed by atoms with Gasteiger partial charge in [0.25, 0.3) is 0 Å². The Balaban J connectivity index is 1.69. The van der Waals surface area contributed by atoms with Gasteiger partial charge in [0.2, 0.25) is 0 Å².